The zero-order chi connectivity index (χ0) is 9.40. The van der Waals surface area contributed by atoms with Gasteiger partial charge in [0.25, 0.3) is 0 Å². The van der Waals surface area contributed by atoms with Crippen LogP contribution < -0.4 is 10.6 Å². The van der Waals surface area contributed by atoms with Gasteiger partial charge in [-0.3, -0.25) is 5.32 Å². The second kappa shape index (κ2) is 6.81. The number of carbonyl (C=O) groups is 1. The maximum atomic E-state index is 10.6. The van der Waals surface area contributed by atoms with Gasteiger partial charge in [-0.25, -0.2) is 4.79 Å². The molecule has 2 N–H and O–H groups in total. The highest BCUT2D eigenvalue weighted by molar-refractivity contribution is 7.80. The molecule has 0 radical (unpaired) electrons. The van der Waals surface area contributed by atoms with Gasteiger partial charge >= 0.3 is 6.09 Å². The van der Waals surface area contributed by atoms with E-state index < -0.39 is 6.09 Å². The predicted molar refractivity (Wildman–Crippen MR) is 48.0 cm³/mol. The van der Waals surface area contributed by atoms with Crippen LogP contribution in [0.3, 0.4) is 0 Å². The zero-order valence-corrected chi connectivity index (χ0v) is 7.86. The van der Waals surface area contributed by atoms with E-state index in [0.717, 1.165) is 0 Å². The fraction of sp³-hybridized carbons (Fsp3) is 0.667. The summed E-state index contributed by atoms with van der Waals surface area (Å²) in [5.41, 5.74) is 0. The molecule has 0 aliphatic heterocycles. The third-order valence-corrected chi connectivity index (χ3v) is 1.24. The van der Waals surface area contributed by atoms with Crippen LogP contribution in [0, 0.1) is 0 Å². The minimum Gasteiger partial charge on any atom is -0.453 e. The van der Waals surface area contributed by atoms with Crippen LogP contribution >= 0.6 is 12.2 Å². The van der Waals surface area contributed by atoms with Crippen LogP contribution in [0.25, 0.3) is 0 Å². The number of hydrogen-bond donors (Lipinski definition) is 2. The number of carbonyl (C=O) groups excluding carboxylic acids is 1. The lowest BCUT2D eigenvalue weighted by atomic mass is 10.7. The Morgan fingerprint density at radius 2 is 2.17 bits per heavy atom. The number of methoxy groups -OCH3 is 2. The summed E-state index contributed by atoms with van der Waals surface area (Å²) in [7, 11) is 2.85. The first-order chi connectivity index (χ1) is 5.70. The maximum Gasteiger partial charge on any atom is 0.413 e. The van der Waals surface area contributed by atoms with E-state index in [2.05, 4.69) is 15.4 Å². The van der Waals surface area contributed by atoms with E-state index in [0.29, 0.717) is 13.2 Å². The number of nitrogens with one attached hydrogen (secondary N) is 2. The van der Waals surface area contributed by atoms with E-state index in [4.69, 9.17) is 17.0 Å². The normalized spacial score (nSPS) is 8.83. The van der Waals surface area contributed by atoms with Crippen LogP contribution in [0.2, 0.25) is 0 Å². The molecule has 0 aromatic carbocycles. The van der Waals surface area contributed by atoms with E-state index in [-0.39, 0.29) is 5.11 Å². The Morgan fingerprint density at radius 3 is 2.67 bits per heavy atom. The summed E-state index contributed by atoms with van der Waals surface area (Å²) < 4.78 is 9.08. The molecule has 0 fully saturated rings. The average molecular weight is 192 g/mol. The van der Waals surface area contributed by atoms with Crippen molar-refractivity contribution in [2.24, 2.45) is 0 Å². The molecular formula is C6H12N2O3S. The Labute approximate surface area is 76.4 Å². The van der Waals surface area contributed by atoms with Gasteiger partial charge in [0.05, 0.1) is 13.7 Å². The van der Waals surface area contributed by atoms with Gasteiger partial charge in [0, 0.05) is 13.7 Å². The number of rotatable bonds is 3. The molecule has 0 atom stereocenters. The lowest BCUT2D eigenvalue weighted by Gasteiger charge is -2.07. The van der Waals surface area contributed by atoms with Crippen molar-refractivity contribution in [2.45, 2.75) is 0 Å². The third-order valence-electron chi connectivity index (χ3n) is 0.993. The smallest absolute Gasteiger partial charge is 0.413 e. The molecule has 5 nitrogen and oxygen atoms in total. The largest absolute Gasteiger partial charge is 0.453 e. The van der Waals surface area contributed by atoms with Crippen LogP contribution in [-0.2, 0) is 9.47 Å². The van der Waals surface area contributed by atoms with E-state index in [9.17, 15) is 4.79 Å². The molecule has 6 heteroatoms. The zero-order valence-electron chi connectivity index (χ0n) is 7.05. The third kappa shape index (κ3) is 5.87. The van der Waals surface area contributed by atoms with Gasteiger partial charge in [-0.1, -0.05) is 0 Å². The van der Waals surface area contributed by atoms with Crippen LogP contribution in [-0.4, -0.2) is 38.6 Å². The second-order valence-electron chi connectivity index (χ2n) is 1.87. The number of ether oxygens (including phenoxy) is 2. The Bertz CT molecular complexity index is 163. The van der Waals surface area contributed by atoms with Gasteiger partial charge < -0.3 is 14.8 Å². The first-order valence-corrected chi connectivity index (χ1v) is 3.73. The average Bonchev–Trinajstić information content (AvgIpc) is 2.05. The van der Waals surface area contributed by atoms with Crippen molar-refractivity contribution in [1.82, 2.24) is 10.6 Å². The van der Waals surface area contributed by atoms with Crippen molar-refractivity contribution in [2.75, 3.05) is 27.4 Å². The molecule has 0 rings (SSSR count). The van der Waals surface area contributed by atoms with Gasteiger partial charge in [-0.05, 0) is 12.2 Å². The van der Waals surface area contributed by atoms with E-state index >= 15 is 0 Å². The fourth-order valence-corrected chi connectivity index (χ4v) is 0.640. The molecule has 0 aliphatic rings. The Balaban J connectivity index is 3.40. The van der Waals surface area contributed by atoms with Crippen LogP contribution in [0.1, 0.15) is 0 Å². The molecule has 0 bridgehead atoms. The highest BCUT2D eigenvalue weighted by atomic mass is 32.1. The van der Waals surface area contributed by atoms with Crippen LogP contribution in [0.15, 0.2) is 0 Å². The fourth-order valence-electron chi connectivity index (χ4n) is 0.455. The lowest BCUT2D eigenvalue weighted by Crippen LogP contribution is -2.40. The minimum atomic E-state index is -0.579. The summed E-state index contributed by atoms with van der Waals surface area (Å²) in [5, 5.41) is 5.27. The summed E-state index contributed by atoms with van der Waals surface area (Å²) in [6.07, 6.45) is -0.579. The van der Waals surface area contributed by atoms with Gasteiger partial charge in [0.1, 0.15) is 0 Å². The van der Waals surface area contributed by atoms with E-state index in [1.54, 1.807) is 7.11 Å². The Hall–Kier alpha value is -0.880. The number of hydrogen-bond acceptors (Lipinski definition) is 4. The lowest BCUT2D eigenvalue weighted by molar-refractivity contribution is 0.176. The highest BCUT2D eigenvalue weighted by Crippen LogP contribution is 1.73. The summed E-state index contributed by atoms with van der Waals surface area (Å²) >= 11 is 4.73. The second-order valence-corrected chi connectivity index (χ2v) is 2.27. The molecule has 12 heavy (non-hydrogen) atoms. The number of amides is 1. The van der Waals surface area contributed by atoms with E-state index in [1.165, 1.54) is 7.11 Å². The molecule has 1 amide bonds. The molecule has 0 spiro atoms. The van der Waals surface area contributed by atoms with Crippen molar-refractivity contribution < 1.29 is 14.3 Å². The first kappa shape index (κ1) is 11.1. The summed E-state index contributed by atoms with van der Waals surface area (Å²) in [6, 6.07) is 0. The van der Waals surface area contributed by atoms with Crippen molar-refractivity contribution in [3.05, 3.63) is 0 Å². The van der Waals surface area contributed by atoms with Crippen LogP contribution in [0.4, 0.5) is 4.79 Å². The Morgan fingerprint density at radius 1 is 1.50 bits per heavy atom. The quantitative estimate of drug-likeness (QED) is 0.481. The molecule has 0 unspecified atom stereocenters. The summed E-state index contributed by atoms with van der Waals surface area (Å²) in [5.74, 6) is 0. The van der Waals surface area contributed by atoms with Gasteiger partial charge in [0.15, 0.2) is 5.11 Å². The first-order valence-electron chi connectivity index (χ1n) is 3.32. The van der Waals surface area contributed by atoms with Crippen molar-refractivity contribution >= 4 is 23.4 Å². The van der Waals surface area contributed by atoms with Gasteiger partial charge in [0.2, 0.25) is 0 Å². The van der Waals surface area contributed by atoms with E-state index in [1.807, 2.05) is 0 Å². The number of alkyl carbamates (subject to hydrolysis) is 1. The predicted octanol–water partition coefficient (Wildman–Crippen LogP) is -0.137. The SMILES string of the molecule is COCCNC(=S)NC(=O)OC. The van der Waals surface area contributed by atoms with Crippen molar-refractivity contribution in [3.8, 4) is 0 Å². The number of thiocarbonyl (C=S) groups is 1. The molecular weight excluding hydrogens is 180 g/mol. The molecule has 0 saturated carbocycles. The van der Waals surface area contributed by atoms with Crippen molar-refractivity contribution in [3.63, 3.8) is 0 Å². The summed E-state index contributed by atoms with van der Waals surface area (Å²) in [6.45, 7) is 1.09. The van der Waals surface area contributed by atoms with Crippen LogP contribution in [0.5, 0.6) is 0 Å². The standard InChI is InChI=1S/C6H12N2O3S/c1-10-4-3-7-5(12)8-6(9)11-2/h3-4H2,1-2H3,(H2,7,8,9,12). The van der Waals surface area contributed by atoms with Gasteiger partial charge in [-0.2, -0.15) is 0 Å². The molecule has 0 saturated heterocycles. The molecule has 0 aromatic rings. The maximum absolute atomic E-state index is 10.6. The molecule has 0 aliphatic carbocycles. The molecule has 0 heterocycles. The molecule has 0 aromatic heterocycles. The molecule has 70 valence electrons. The highest BCUT2D eigenvalue weighted by Gasteiger charge is 2.00. The monoisotopic (exact) mass is 192 g/mol. The summed E-state index contributed by atoms with van der Waals surface area (Å²) in [4.78, 5) is 10.6. The van der Waals surface area contributed by atoms with Crippen molar-refractivity contribution in [1.29, 1.82) is 0 Å². The topological polar surface area (TPSA) is 59.6 Å². The van der Waals surface area contributed by atoms with Gasteiger partial charge in [-0.15, -0.1) is 0 Å². The minimum absolute atomic E-state index is 0.235. The Kier molecular flexibility index (Phi) is 6.31.